The molecule has 1 N–H and O–H groups in total. The van der Waals surface area contributed by atoms with Crippen molar-refractivity contribution in [1.82, 2.24) is 4.98 Å². The molecule has 1 atom stereocenters. The van der Waals surface area contributed by atoms with Gasteiger partial charge in [0.1, 0.15) is 4.84 Å². The van der Waals surface area contributed by atoms with Crippen LogP contribution in [0.2, 0.25) is 0 Å². The molecule has 1 heterocycles. The minimum Gasteiger partial charge on any atom is -0.392 e. The molecule has 0 aliphatic heterocycles. The lowest BCUT2D eigenvalue weighted by Gasteiger charge is -2.21. The minimum atomic E-state index is -0.676. The Labute approximate surface area is 163 Å². The van der Waals surface area contributed by atoms with E-state index in [4.69, 9.17) is 23.2 Å². The number of aliphatic hydroxyl groups is 1. The summed E-state index contributed by atoms with van der Waals surface area (Å²) in [4.78, 5) is 3.58. The van der Waals surface area contributed by atoms with Gasteiger partial charge in [-0.1, -0.05) is 60.4 Å². The zero-order valence-electron chi connectivity index (χ0n) is 13.9. The van der Waals surface area contributed by atoms with Crippen molar-refractivity contribution in [2.24, 2.45) is 0 Å². The quantitative estimate of drug-likeness (QED) is 0.514. The van der Waals surface area contributed by atoms with Crippen LogP contribution < -0.4 is 0 Å². The second-order valence-corrected chi connectivity index (χ2v) is 6.92. The van der Waals surface area contributed by atoms with Crippen molar-refractivity contribution in [1.29, 1.82) is 0 Å². The molecule has 2 aromatic carbocycles. The van der Waals surface area contributed by atoms with Crippen LogP contribution in [-0.4, -0.2) is 14.9 Å². The summed E-state index contributed by atoms with van der Waals surface area (Å²) in [5.41, 5.74) is 4.04. The molecule has 26 heavy (non-hydrogen) atoms. The zero-order chi connectivity index (χ0) is 18.4. The van der Waals surface area contributed by atoms with Gasteiger partial charge < -0.3 is 5.11 Å². The molecule has 1 unspecified atom stereocenters. The molecule has 0 aliphatic rings. The van der Waals surface area contributed by atoms with Crippen LogP contribution in [0.5, 0.6) is 0 Å². The summed E-state index contributed by atoms with van der Waals surface area (Å²) in [7, 11) is 0. The van der Waals surface area contributed by atoms with Crippen molar-refractivity contribution in [2.45, 2.75) is 17.4 Å². The summed E-state index contributed by atoms with van der Waals surface area (Å²) in [6, 6.07) is 19.5. The number of benzene rings is 2. The molecule has 4 heteroatoms. The fourth-order valence-corrected chi connectivity index (χ4v) is 3.37. The van der Waals surface area contributed by atoms with Gasteiger partial charge in [-0.3, -0.25) is 4.98 Å². The molecule has 3 rings (SSSR count). The van der Waals surface area contributed by atoms with Crippen molar-refractivity contribution in [3.8, 4) is 11.8 Å². The Bertz CT molecular complexity index is 915. The van der Waals surface area contributed by atoms with Crippen molar-refractivity contribution in [3.63, 3.8) is 0 Å². The molecule has 3 aromatic rings. The van der Waals surface area contributed by atoms with E-state index in [2.05, 4.69) is 16.8 Å². The van der Waals surface area contributed by atoms with Crippen LogP contribution in [0.15, 0.2) is 73.1 Å². The van der Waals surface area contributed by atoms with Crippen molar-refractivity contribution >= 4 is 23.2 Å². The van der Waals surface area contributed by atoms with E-state index in [1.54, 1.807) is 12.4 Å². The molecule has 2 nitrogen and oxygen atoms in total. The lowest BCUT2D eigenvalue weighted by Crippen LogP contribution is -2.13. The molecule has 0 amide bonds. The highest BCUT2D eigenvalue weighted by Crippen LogP contribution is 2.35. The van der Waals surface area contributed by atoms with E-state index < -0.39 is 4.84 Å². The smallest absolute Gasteiger partial charge is 0.118 e. The maximum absolute atomic E-state index is 9.76. The van der Waals surface area contributed by atoms with Gasteiger partial charge in [0.15, 0.2) is 0 Å². The number of aromatic nitrogens is 1. The Morgan fingerprint density at radius 2 is 1.54 bits per heavy atom. The van der Waals surface area contributed by atoms with E-state index in [1.165, 1.54) is 0 Å². The molecular weight excluding hydrogens is 365 g/mol. The molecular formula is C22H17Cl2NO. The molecule has 0 spiro atoms. The third kappa shape index (κ3) is 4.26. The lowest BCUT2D eigenvalue weighted by atomic mass is 9.89. The van der Waals surface area contributed by atoms with Gasteiger partial charge in [0.05, 0.1) is 6.61 Å². The van der Waals surface area contributed by atoms with Crippen LogP contribution in [0.1, 0.15) is 33.7 Å². The van der Waals surface area contributed by atoms with Gasteiger partial charge in [-0.2, -0.15) is 0 Å². The van der Waals surface area contributed by atoms with Crippen LogP contribution in [-0.2, 0) is 6.61 Å². The molecule has 0 saturated carbocycles. The number of alkyl halides is 2. The van der Waals surface area contributed by atoms with E-state index in [0.717, 1.165) is 16.7 Å². The summed E-state index contributed by atoms with van der Waals surface area (Å²) in [5, 5.41) is 9.76. The average Bonchev–Trinajstić information content (AvgIpc) is 2.68. The summed E-state index contributed by atoms with van der Waals surface area (Å²) >= 11 is 12.6. The topological polar surface area (TPSA) is 33.1 Å². The number of rotatable bonds is 4. The van der Waals surface area contributed by atoms with Crippen molar-refractivity contribution in [3.05, 3.63) is 101 Å². The third-order valence-corrected chi connectivity index (χ3v) is 4.58. The van der Waals surface area contributed by atoms with E-state index in [0.29, 0.717) is 11.1 Å². The van der Waals surface area contributed by atoms with Gasteiger partial charge in [0.25, 0.3) is 0 Å². The second-order valence-electron chi connectivity index (χ2n) is 5.76. The van der Waals surface area contributed by atoms with Crippen molar-refractivity contribution in [2.75, 3.05) is 0 Å². The number of nitrogens with zero attached hydrogens (tertiary/aromatic N) is 1. The first kappa shape index (κ1) is 18.5. The first-order chi connectivity index (χ1) is 12.7. The maximum atomic E-state index is 9.76. The average molecular weight is 382 g/mol. The highest BCUT2D eigenvalue weighted by Gasteiger charge is 2.25. The largest absolute Gasteiger partial charge is 0.392 e. The van der Waals surface area contributed by atoms with Gasteiger partial charge in [-0.25, -0.2) is 0 Å². The van der Waals surface area contributed by atoms with E-state index in [1.807, 2.05) is 60.7 Å². The van der Waals surface area contributed by atoms with Crippen molar-refractivity contribution < 1.29 is 5.11 Å². The Morgan fingerprint density at radius 1 is 0.885 bits per heavy atom. The number of hydrogen-bond donors (Lipinski definition) is 1. The van der Waals surface area contributed by atoms with Crippen LogP contribution in [0, 0.1) is 11.8 Å². The molecule has 130 valence electrons. The van der Waals surface area contributed by atoms with E-state index in [-0.39, 0.29) is 12.5 Å². The molecule has 0 radical (unpaired) electrons. The summed E-state index contributed by atoms with van der Waals surface area (Å²) < 4.78 is 0. The monoisotopic (exact) mass is 381 g/mol. The highest BCUT2D eigenvalue weighted by atomic mass is 35.5. The van der Waals surface area contributed by atoms with Crippen LogP contribution >= 0.6 is 23.2 Å². The third-order valence-electron chi connectivity index (χ3n) is 4.08. The molecule has 1 aromatic heterocycles. The SMILES string of the molecule is OCc1cncc(C(c2ccccc2)C(Cl)Cl)c1C#Cc1ccccc1. The number of hydrogen-bond acceptors (Lipinski definition) is 2. The van der Waals surface area contributed by atoms with Gasteiger partial charge in [0.2, 0.25) is 0 Å². The second kappa shape index (κ2) is 8.87. The Morgan fingerprint density at radius 3 is 2.15 bits per heavy atom. The number of pyridine rings is 1. The first-order valence-corrected chi connectivity index (χ1v) is 9.05. The predicted molar refractivity (Wildman–Crippen MR) is 106 cm³/mol. The fourth-order valence-electron chi connectivity index (χ4n) is 2.81. The normalized spacial score (nSPS) is 11.7. The minimum absolute atomic E-state index is 0.156. The van der Waals surface area contributed by atoms with Crippen LogP contribution in [0.25, 0.3) is 0 Å². The fraction of sp³-hybridized carbons (Fsp3) is 0.136. The number of aliphatic hydroxyl groups excluding tert-OH is 1. The Balaban J connectivity index is 2.14. The Hall–Kier alpha value is -2.31. The van der Waals surface area contributed by atoms with Gasteiger partial charge in [-0.05, 0) is 23.3 Å². The zero-order valence-corrected chi connectivity index (χ0v) is 15.5. The van der Waals surface area contributed by atoms with Gasteiger partial charge >= 0.3 is 0 Å². The molecule has 0 fully saturated rings. The summed E-state index contributed by atoms with van der Waals surface area (Å²) in [6.45, 7) is -0.156. The van der Waals surface area contributed by atoms with E-state index >= 15 is 0 Å². The Kier molecular flexibility index (Phi) is 6.30. The molecule has 0 saturated heterocycles. The maximum Gasteiger partial charge on any atom is 0.118 e. The summed E-state index contributed by atoms with van der Waals surface area (Å²) in [5.74, 6) is 6.04. The molecule has 0 aliphatic carbocycles. The standard InChI is InChI=1S/C22H17Cl2NO/c23-22(24)21(17-9-5-2-6-10-17)20-14-25-13-18(15-26)19(20)12-11-16-7-3-1-4-8-16/h1-10,13-14,21-22,26H,15H2. The molecule has 0 bridgehead atoms. The number of halogens is 2. The lowest BCUT2D eigenvalue weighted by molar-refractivity contribution is 0.281. The highest BCUT2D eigenvalue weighted by molar-refractivity contribution is 6.45. The summed E-state index contributed by atoms with van der Waals surface area (Å²) in [6.07, 6.45) is 3.35. The van der Waals surface area contributed by atoms with E-state index in [9.17, 15) is 5.11 Å². The first-order valence-electron chi connectivity index (χ1n) is 8.18. The predicted octanol–water partition coefficient (Wildman–Crippen LogP) is 4.91. The van der Waals surface area contributed by atoms with Crippen LogP contribution in [0.3, 0.4) is 0 Å². The van der Waals surface area contributed by atoms with Gasteiger partial charge in [0, 0.05) is 35.0 Å². The van der Waals surface area contributed by atoms with Gasteiger partial charge in [-0.15, -0.1) is 23.2 Å². The van der Waals surface area contributed by atoms with Crippen LogP contribution in [0.4, 0.5) is 0 Å².